The molecule has 1 N–H and O–H groups in total. The summed E-state index contributed by atoms with van der Waals surface area (Å²) in [6.07, 6.45) is -15.6. The first-order chi connectivity index (χ1) is 20.5. The van der Waals surface area contributed by atoms with Crippen LogP contribution in [0.3, 0.4) is 0 Å². The van der Waals surface area contributed by atoms with Gasteiger partial charge in [0.05, 0.1) is 6.61 Å². The van der Waals surface area contributed by atoms with Gasteiger partial charge in [0.15, 0.2) is 49.2 Å². The van der Waals surface area contributed by atoms with Gasteiger partial charge in [-0.15, -0.1) is 0 Å². The average molecular weight is 637 g/mol. The molecule has 10 atom stereocenters. The average Bonchev–Trinajstić information content (AvgIpc) is 2.87. The van der Waals surface area contributed by atoms with E-state index in [-0.39, 0.29) is 0 Å². The van der Waals surface area contributed by atoms with Gasteiger partial charge in [0.2, 0.25) is 0 Å². The highest BCUT2D eigenvalue weighted by Crippen LogP contribution is 2.32. The molecule has 2 saturated heterocycles. The van der Waals surface area contributed by atoms with Crippen molar-refractivity contribution in [3.05, 3.63) is 0 Å². The third-order valence-corrected chi connectivity index (χ3v) is 5.89. The van der Waals surface area contributed by atoms with Crippen LogP contribution in [-0.4, -0.2) is 122 Å². The number of aliphatic hydroxyl groups is 1. The maximum atomic E-state index is 12.1. The predicted molar refractivity (Wildman–Crippen MR) is 135 cm³/mol. The van der Waals surface area contributed by atoms with Crippen LogP contribution in [0.25, 0.3) is 0 Å². The SMILES string of the molecule is CC(=O)OC[C@H]1O[C@@H](OC[C@H]2O[C@H](O)[C@H](OC(C)=O)[C@@H](OC(C)=O)[C@H]2OC(C)=O)[C@H](OC(C)=O)[C@@H](OC(C)=O)[C@H]1OC(C)=O. The van der Waals surface area contributed by atoms with Crippen LogP contribution in [0, 0.1) is 0 Å². The van der Waals surface area contributed by atoms with Crippen LogP contribution in [0.15, 0.2) is 0 Å². The van der Waals surface area contributed by atoms with Gasteiger partial charge >= 0.3 is 41.8 Å². The van der Waals surface area contributed by atoms with E-state index in [9.17, 15) is 38.7 Å². The minimum absolute atomic E-state index is 0.523. The maximum absolute atomic E-state index is 12.1. The molecule has 18 heteroatoms. The molecule has 2 rings (SSSR count). The van der Waals surface area contributed by atoms with E-state index in [4.69, 9.17) is 47.4 Å². The highest BCUT2D eigenvalue weighted by Gasteiger charge is 2.55. The Balaban J connectivity index is 2.48. The number of carbonyl (C=O) groups excluding carboxylic acids is 7. The number of ether oxygens (including phenoxy) is 10. The van der Waals surface area contributed by atoms with Crippen LogP contribution in [0.2, 0.25) is 0 Å². The van der Waals surface area contributed by atoms with Crippen LogP contribution in [0.4, 0.5) is 0 Å². The van der Waals surface area contributed by atoms with Crippen molar-refractivity contribution in [2.75, 3.05) is 13.2 Å². The number of carbonyl (C=O) groups is 7. The second-order valence-electron chi connectivity index (χ2n) is 9.69. The highest BCUT2D eigenvalue weighted by molar-refractivity contribution is 5.69. The molecule has 44 heavy (non-hydrogen) atoms. The van der Waals surface area contributed by atoms with Gasteiger partial charge in [-0.1, -0.05) is 0 Å². The van der Waals surface area contributed by atoms with Crippen molar-refractivity contribution in [2.24, 2.45) is 0 Å². The van der Waals surface area contributed by atoms with E-state index in [2.05, 4.69) is 0 Å². The zero-order valence-electron chi connectivity index (χ0n) is 25.1. The summed E-state index contributed by atoms with van der Waals surface area (Å²) in [5.41, 5.74) is 0. The summed E-state index contributed by atoms with van der Waals surface area (Å²) in [5.74, 6) is -5.94. The number of rotatable bonds is 11. The molecule has 18 nitrogen and oxygen atoms in total. The Morgan fingerprint density at radius 3 is 1.27 bits per heavy atom. The zero-order chi connectivity index (χ0) is 33.3. The molecule has 0 aromatic heterocycles. The Morgan fingerprint density at radius 2 is 0.841 bits per heavy atom. The second-order valence-corrected chi connectivity index (χ2v) is 9.69. The molecule has 248 valence electrons. The largest absolute Gasteiger partial charge is 0.463 e. The van der Waals surface area contributed by atoms with Crippen LogP contribution in [-0.2, 0) is 80.9 Å². The van der Waals surface area contributed by atoms with E-state index in [1.165, 1.54) is 0 Å². The molecule has 0 saturated carbocycles. The first-order valence-corrected chi connectivity index (χ1v) is 13.3. The third kappa shape index (κ3) is 10.7. The molecular weight excluding hydrogens is 600 g/mol. The van der Waals surface area contributed by atoms with Crippen LogP contribution in [0.5, 0.6) is 0 Å². The summed E-state index contributed by atoms with van der Waals surface area (Å²) >= 11 is 0. The summed E-state index contributed by atoms with van der Waals surface area (Å²) < 4.78 is 53.7. The number of hydrogen-bond donors (Lipinski definition) is 1. The lowest BCUT2D eigenvalue weighted by Crippen LogP contribution is -2.64. The monoisotopic (exact) mass is 636 g/mol. The molecule has 0 aliphatic carbocycles. The molecule has 2 aliphatic heterocycles. The van der Waals surface area contributed by atoms with Gasteiger partial charge in [-0.3, -0.25) is 33.6 Å². The van der Waals surface area contributed by atoms with E-state index < -0.39 is 116 Å². The van der Waals surface area contributed by atoms with Crippen molar-refractivity contribution in [1.29, 1.82) is 0 Å². The van der Waals surface area contributed by atoms with Gasteiger partial charge in [0, 0.05) is 48.5 Å². The quantitative estimate of drug-likeness (QED) is 0.203. The topological polar surface area (TPSA) is 232 Å². The summed E-state index contributed by atoms with van der Waals surface area (Å²) in [5, 5.41) is 10.6. The normalized spacial score (nSPS) is 31.5. The summed E-state index contributed by atoms with van der Waals surface area (Å²) in [4.78, 5) is 83.0. The third-order valence-electron chi connectivity index (χ3n) is 5.89. The molecule has 0 bridgehead atoms. The van der Waals surface area contributed by atoms with Crippen molar-refractivity contribution < 1.29 is 86.0 Å². The minimum Gasteiger partial charge on any atom is -0.463 e. The molecule has 0 aromatic rings. The van der Waals surface area contributed by atoms with Gasteiger partial charge in [-0.2, -0.15) is 0 Å². The summed E-state index contributed by atoms with van der Waals surface area (Å²) in [6.45, 7) is 6.15. The minimum atomic E-state index is -1.90. The molecular formula is C26H36O18. The van der Waals surface area contributed by atoms with E-state index in [0.717, 1.165) is 48.5 Å². The summed E-state index contributed by atoms with van der Waals surface area (Å²) in [7, 11) is 0. The number of aliphatic hydroxyl groups excluding tert-OH is 1. The fraction of sp³-hybridized carbons (Fsp3) is 0.731. The van der Waals surface area contributed by atoms with Gasteiger partial charge in [0.25, 0.3) is 0 Å². The van der Waals surface area contributed by atoms with Crippen molar-refractivity contribution >= 4 is 41.8 Å². The lowest BCUT2D eigenvalue weighted by atomic mass is 9.97. The number of hydrogen-bond acceptors (Lipinski definition) is 18. The molecule has 2 heterocycles. The molecule has 0 amide bonds. The highest BCUT2D eigenvalue weighted by atomic mass is 16.7. The lowest BCUT2D eigenvalue weighted by molar-refractivity contribution is -0.330. The van der Waals surface area contributed by atoms with Gasteiger partial charge in [-0.25, -0.2) is 0 Å². The molecule has 0 unspecified atom stereocenters. The fourth-order valence-corrected chi connectivity index (χ4v) is 4.52. The standard InChI is InChI=1S/C26H36O18/c1-10(27)35-8-18-20(38-12(3)29)22(40-14(5)31)24(42-16(7)33)26(44-18)36-9-17-19(37-11(2)28)21(39-13(4)30)23(25(34)43-17)41-15(6)32/h17-26,34H,8-9H2,1-7H3/t17-,18-,19+,20+,21+,22+,23-,24-,25+,26-/m1/s1. The fourth-order valence-electron chi connectivity index (χ4n) is 4.52. The lowest BCUT2D eigenvalue weighted by Gasteiger charge is -2.45. The van der Waals surface area contributed by atoms with E-state index in [1.54, 1.807) is 0 Å². The van der Waals surface area contributed by atoms with Gasteiger partial charge < -0.3 is 52.5 Å². The van der Waals surface area contributed by atoms with E-state index in [1.807, 2.05) is 0 Å². The van der Waals surface area contributed by atoms with Crippen LogP contribution >= 0.6 is 0 Å². The van der Waals surface area contributed by atoms with Gasteiger partial charge in [-0.05, 0) is 0 Å². The molecule has 0 spiro atoms. The van der Waals surface area contributed by atoms with Crippen molar-refractivity contribution in [3.63, 3.8) is 0 Å². The van der Waals surface area contributed by atoms with Crippen molar-refractivity contribution in [2.45, 2.75) is 110 Å². The van der Waals surface area contributed by atoms with Crippen molar-refractivity contribution in [1.82, 2.24) is 0 Å². The molecule has 2 aliphatic rings. The van der Waals surface area contributed by atoms with E-state index >= 15 is 0 Å². The Hall–Kier alpha value is -3.87. The number of esters is 7. The smallest absolute Gasteiger partial charge is 0.303 e. The van der Waals surface area contributed by atoms with Crippen LogP contribution in [0.1, 0.15) is 48.5 Å². The first kappa shape index (κ1) is 36.3. The second kappa shape index (κ2) is 16.3. The molecule has 0 radical (unpaired) electrons. The predicted octanol–water partition coefficient (Wildman–Crippen LogP) is -1.40. The van der Waals surface area contributed by atoms with Crippen LogP contribution < -0.4 is 0 Å². The maximum Gasteiger partial charge on any atom is 0.303 e. The Kier molecular flexibility index (Phi) is 13.4. The Labute approximate surface area is 251 Å². The van der Waals surface area contributed by atoms with E-state index in [0.29, 0.717) is 0 Å². The molecule has 0 aromatic carbocycles. The van der Waals surface area contributed by atoms with Gasteiger partial charge in [0.1, 0.15) is 18.8 Å². The van der Waals surface area contributed by atoms with Crippen molar-refractivity contribution in [3.8, 4) is 0 Å². The molecule has 2 fully saturated rings. The Bertz CT molecular complexity index is 1090. The summed E-state index contributed by atoms with van der Waals surface area (Å²) in [6, 6.07) is 0. The zero-order valence-corrected chi connectivity index (χ0v) is 25.1. The first-order valence-electron chi connectivity index (χ1n) is 13.3. The Morgan fingerprint density at radius 1 is 0.477 bits per heavy atom.